The van der Waals surface area contributed by atoms with Gasteiger partial charge in [0.2, 0.25) is 0 Å². The Labute approximate surface area is 362 Å². The number of aryl methyl sites for hydroxylation is 1. The van der Waals surface area contributed by atoms with Crippen LogP contribution in [0.15, 0.2) is 187 Å². The van der Waals surface area contributed by atoms with Gasteiger partial charge < -0.3 is 4.42 Å². The minimum Gasteiger partial charge on any atom is -0.464 e. The first kappa shape index (κ1) is 31.4. The number of aromatic nitrogens is 4. The van der Waals surface area contributed by atoms with Gasteiger partial charge in [0.05, 0.1) is 41.1 Å². The van der Waals surface area contributed by atoms with Crippen molar-refractivity contribution in [3.05, 3.63) is 211 Å². The summed E-state index contributed by atoms with van der Waals surface area (Å²) in [5.41, 5.74) is 13.1. The lowest BCUT2D eigenvalue weighted by Crippen LogP contribution is -2.31. The number of furan rings is 1. The lowest BCUT2D eigenvalue weighted by molar-refractivity contribution is -0.571. The third kappa shape index (κ3) is 6.41. The predicted molar refractivity (Wildman–Crippen MR) is 249 cm³/mol. The van der Waals surface area contributed by atoms with Crippen LogP contribution in [0.3, 0.4) is 0 Å². The van der Waals surface area contributed by atoms with E-state index in [4.69, 9.17) is 16.3 Å². The Hall–Kier alpha value is -7.50. The average Bonchev–Trinajstić information content (AvgIpc) is 3.96. The molecular formula is C56H44N4O. The normalized spacial score (nSPS) is 13.4. The first-order valence-electron chi connectivity index (χ1n) is 23.1. The molecule has 0 aliphatic carbocycles. The molecule has 0 unspecified atom stereocenters. The van der Waals surface area contributed by atoms with Gasteiger partial charge in [-0.2, -0.15) is 0 Å². The van der Waals surface area contributed by atoms with Crippen molar-refractivity contribution in [1.29, 1.82) is 0 Å². The fourth-order valence-corrected chi connectivity index (χ4v) is 8.78. The zero-order valence-electron chi connectivity index (χ0n) is 39.1. The lowest BCUT2D eigenvalue weighted by Gasteiger charge is -2.22. The molecule has 0 aliphatic heterocycles. The molecule has 7 aromatic carbocycles. The largest absolute Gasteiger partial charge is 0.464 e. The van der Waals surface area contributed by atoms with E-state index >= 15 is 0 Å². The van der Waals surface area contributed by atoms with E-state index in [1.165, 1.54) is 0 Å². The maximum absolute atomic E-state index is 8.60. The molecule has 0 saturated carbocycles. The number of rotatable bonds is 7. The fourth-order valence-electron chi connectivity index (χ4n) is 8.78. The number of benzene rings is 7. The van der Waals surface area contributed by atoms with Crippen LogP contribution in [0.1, 0.15) is 49.9 Å². The van der Waals surface area contributed by atoms with Gasteiger partial charge in [0, 0.05) is 32.5 Å². The molecule has 0 bridgehead atoms. The summed E-state index contributed by atoms with van der Waals surface area (Å²) in [6, 6.07) is 55.6. The summed E-state index contributed by atoms with van der Waals surface area (Å²) in [6.45, 7) is 4.23. The molecule has 11 aromatic rings. The highest BCUT2D eigenvalue weighted by atomic mass is 16.3. The van der Waals surface area contributed by atoms with E-state index in [1.807, 2.05) is 72.8 Å². The van der Waals surface area contributed by atoms with Crippen molar-refractivity contribution in [1.82, 2.24) is 14.1 Å². The number of imidazole rings is 1. The highest BCUT2D eigenvalue weighted by Crippen LogP contribution is 2.38. The lowest BCUT2D eigenvalue weighted by atomic mass is 9.84. The van der Waals surface area contributed by atoms with Gasteiger partial charge in [-0.05, 0) is 87.9 Å². The summed E-state index contributed by atoms with van der Waals surface area (Å²) < 4.78 is 54.1. The maximum Gasteiger partial charge on any atom is 0.269 e. The van der Waals surface area contributed by atoms with Crippen LogP contribution < -0.4 is 4.57 Å². The van der Waals surface area contributed by atoms with Gasteiger partial charge in [-0.3, -0.25) is 13.7 Å². The topological polar surface area (TPSA) is 39.8 Å². The minimum atomic E-state index is -2.34. The van der Waals surface area contributed by atoms with Gasteiger partial charge in [0.15, 0.2) is 0 Å². The summed E-state index contributed by atoms with van der Waals surface area (Å²) in [6.07, 6.45) is 5.87. The molecule has 11 rings (SSSR count). The average molecular weight is 794 g/mol. The highest BCUT2D eigenvalue weighted by molar-refractivity contribution is 6.09. The number of nitrogens with zero attached hydrogens (tertiary/aromatic N) is 4. The molecule has 61 heavy (non-hydrogen) atoms. The molecule has 0 spiro atoms. The predicted octanol–water partition coefficient (Wildman–Crippen LogP) is 13.5. The Kier molecular flexibility index (Phi) is 7.39. The number of hydrogen-bond donors (Lipinski definition) is 0. The molecule has 5 heteroatoms. The first-order valence-corrected chi connectivity index (χ1v) is 20.6. The Bertz CT molecular complexity index is 3690. The molecule has 0 saturated heterocycles. The Balaban J connectivity index is 1.05. The van der Waals surface area contributed by atoms with E-state index in [1.54, 1.807) is 6.20 Å². The first-order chi connectivity index (χ1) is 31.8. The summed E-state index contributed by atoms with van der Waals surface area (Å²) in [5, 5.41) is 2.70. The number of hydrogen-bond acceptors (Lipinski definition) is 2. The monoisotopic (exact) mass is 793 g/mol. The van der Waals surface area contributed by atoms with E-state index in [0.717, 1.165) is 83.2 Å². The van der Waals surface area contributed by atoms with Gasteiger partial charge in [-0.1, -0.05) is 160 Å². The molecule has 4 heterocycles. The minimum absolute atomic E-state index is 0.0318. The van der Waals surface area contributed by atoms with E-state index in [0.29, 0.717) is 23.2 Å². The van der Waals surface area contributed by atoms with Crippen LogP contribution in [0, 0.1) is 13.2 Å². The molecule has 5 nitrogen and oxygen atoms in total. The van der Waals surface area contributed by atoms with E-state index in [9.17, 15) is 0 Å². The van der Waals surface area contributed by atoms with Crippen molar-refractivity contribution in [2.24, 2.45) is 0 Å². The second-order valence-corrected chi connectivity index (χ2v) is 16.8. The molecule has 0 atom stereocenters. The van der Waals surface area contributed by atoms with Crippen LogP contribution >= 0.6 is 0 Å². The van der Waals surface area contributed by atoms with Crippen molar-refractivity contribution in [3.8, 4) is 39.4 Å². The van der Waals surface area contributed by atoms with Crippen molar-refractivity contribution >= 4 is 43.8 Å². The quantitative estimate of drug-likeness (QED) is 0.119. The van der Waals surface area contributed by atoms with E-state index < -0.39 is 6.85 Å². The fraction of sp³-hybridized carbons (Fsp3) is 0.107. The second-order valence-electron chi connectivity index (χ2n) is 16.8. The zero-order chi connectivity index (χ0) is 45.5. The maximum atomic E-state index is 8.60. The van der Waals surface area contributed by atoms with Gasteiger partial charge >= 0.3 is 0 Å². The van der Waals surface area contributed by atoms with Crippen LogP contribution in [0.25, 0.3) is 83.3 Å². The van der Waals surface area contributed by atoms with Crippen LogP contribution in [0.5, 0.6) is 0 Å². The Morgan fingerprint density at radius 2 is 1.43 bits per heavy atom. The number of fused-ring (bicyclic) bond motifs is 5. The van der Waals surface area contributed by atoms with Gasteiger partial charge in [0.25, 0.3) is 6.33 Å². The number of pyridine rings is 1. The van der Waals surface area contributed by atoms with Crippen molar-refractivity contribution in [2.45, 2.75) is 39.5 Å². The van der Waals surface area contributed by atoms with Gasteiger partial charge in [0.1, 0.15) is 12.8 Å². The van der Waals surface area contributed by atoms with Crippen molar-refractivity contribution in [2.75, 3.05) is 0 Å². The van der Waals surface area contributed by atoms with E-state index in [-0.39, 0.29) is 23.3 Å². The summed E-state index contributed by atoms with van der Waals surface area (Å²) in [7, 11) is 0. The highest BCUT2D eigenvalue weighted by Gasteiger charge is 2.22. The SMILES string of the molecule is [2H]c1oc2cc(-n3c4ccccc4c4ccc(Cc5cccc(-n6[c-][n+](-c7c(-c8ccccc8)cc(C([2H])([2H])[2H])cc7-c7cccc(C(C)(C)C)c7)c7ccccc76)c5)cc43)ncc2c1[2H]. The van der Waals surface area contributed by atoms with Crippen molar-refractivity contribution < 1.29 is 15.8 Å². The Morgan fingerprint density at radius 3 is 2.28 bits per heavy atom. The summed E-state index contributed by atoms with van der Waals surface area (Å²) >= 11 is 0. The molecule has 0 fully saturated rings. The van der Waals surface area contributed by atoms with E-state index in [2.05, 4.69) is 132 Å². The van der Waals surface area contributed by atoms with Crippen LogP contribution in [-0.4, -0.2) is 14.1 Å². The van der Waals surface area contributed by atoms with Gasteiger partial charge in [-0.25, -0.2) is 4.98 Å². The summed E-state index contributed by atoms with van der Waals surface area (Å²) in [4.78, 5) is 4.77. The molecule has 0 N–H and O–H groups in total. The van der Waals surface area contributed by atoms with Gasteiger partial charge in [-0.15, -0.1) is 0 Å². The molecule has 0 amide bonds. The zero-order valence-corrected chi connectivity index (χ0v) is 34.1. The van der Waals surface area contributed by atoms with Crippen LogP contribution in [0.2, 0.25) is 0 Å². The standard InChI is InChI=1S/C56H44N4O/c1-37-28-47(40-15-6-5-7-16-40)55(48(29-37)41-17-13-18-43(33-41)56(2,3)4)59-36-58(50-22-10-11-23-51(50)59)44-19-12-14-38(31-44)30-39-24-25-46-45-20-8-9-21-49(45)60(52(46)32-39)54-34-53-42(35-57-54)26-27-61-53/h5-29,31-35H,30H2,1-4H3/i1D3,26D,27D. The van der Waals surface area contributed by atoms with Crippen molar-refractivity contribution in [3.63, 3.8) is 0 Å². The Morgan fingerprint density at radius 1 is 0.689 bits per heavy atom. The summed E-state index contributed by atoms with van der Waals surface area (Å²) in [5.74, 6) is 0.651. The molecule has 4 aromatic heterocycles. The molecule has 0 aliphatic rings. The third-order valence-electron chi connectivity index (χ3n) is 11.8. The molecule has 0 radical (unpaired) electrons. The smallest absolute Gasteiger partial charge is 0.269 e. The molecular weight excluding hydrogens is 745 g/mol. The van der Waals surface area contributed by atoms with Crippen LogP contribution in [0.4, 0.5) is 0 Å². The third-order valence-corrected chi connectivity index (χ3v) is 11.8. The van der Waals surface area contributed by atoms with Crippen LogP contribution in [-0.2, 0) is 11.8 Å². The molecule has 294 valence electrons. The number of para-hydroxylation sites is 3. The second kappa shape index (κ2) is 14.4.